The Morgan fingerprint density at radius 3 is 2.91 bits per heavy atom. The average molecular weight is 325 g/mol. The van der Waals surface area contributed by atoms with Crippen LogP contribution in [0.3, 0.4) is 0 Å². The van der Waals surface area contributed by atoms with Gasteiger partial charge in [-0.15, -0.1) is 0 Å². The summed E-state index contributed by atoms with van der Waals surface area (Å²) in [4.78, 5) is 16.6. The van der Waals surface area contributed by atoms with E-state index in [1.807, 2.05) is 19.9 Å². The second-order valence-electron chi connectivity index (χ2n) is 5.65. The van der Waals surface area contributed by atoms with Crippen molar-refractivity contribution in [2.75, 3.05) is 17.6 Å². The molecule has 1 aromatic heterocycles. The van der Waals surface area contributed by atoms with Crippen LogP contribution in [-0.4, -0.2) is 42.0 Å². The number of nitrogens with zero attached hydrogens (tertiary/aromatic N) is 2. The second kappa shape index (κ2) is 7.19. The minimum absolute atomic E-state index is 0.0828. The van der Waals surface area contributed by atoms with E-state index in [1.165, 1.54) is 4.31 Å². The van der Waals surface area contributed by atoms with Crippen molar-refractivity contribution in [3.63, 3.8) is 0 Å². The van der Waals surface area contributed by atoms with Crippen molar-refractivity contribution in [3.05, 3.63) is 23.9 Å². The lowest BCUT2D eigenvalue weighted by Gasteiger charge is -2.33. The van der Waals surface area contributed by atoms with E-state index in [1.54, 1.807) is 12.3 Å². The van der Waals surface area contributed by atoms with E-state index in [0.717, 1.165) is 18.4 Å². The second-order valence-corrected chi connectivity index (χ2v) is 7.69. The Kier molecular flexibility index (Phi) is 5.52. The zero-order valence-corrected chi connectivity index (χ0v) is 13.9. The number of amides is 1. The van der Waals surface area contributed by atoms with Crippen LogP contribution in [0.15, 0.2) is 18.3 Å². The molecule has 122 valence electrons. The number of aromatic nitrogens is 1. The number of hydrogen-bond acceptors (Lipinski definition) is 4. The van der Waals surface area contributed by atoms with Gasteiger partial charge in [-0.1, -0.05) is 13.3 Å². The van der Waals surface area contributed by atoms with Gasteiger partial charge < -0.3 is 5.32 Å². The van der Waals surface area contributed by atoms with Crippen LogP contribution < -0.4 is 5.32 Å². The van der Waals surface area contributed by atoms with E-state index in [0.29, 0.717) is 25.2 Å². The molecule has 0 saturated carbocycles. The smallest absolute Gasteiger partial charge is 0.243 e. The molecule has 0 spiro atoms. The highest BCUT2D eigenvalue weighted by atomic mass is 32.2. The fourth-order valence-corrected chi connectivity index (χ4v) is 4.44. The Morgan fingerprint density at radius 1 is 1.45 bits per heavy atom. The maximum absolute atomic E-state index is 12.5. The number of pyridine rings is 1. The summed E-state index contributed by atoms with van der Waals surface area (Å²) in [5.74, 6) is 0.250. The van der Waals surface area contributed by atoms with Gasteiger partial charge in [0.2, 0.25) is 15.9 Å². The minimum atomic E-state index is -3.38. The quantitative estimate of drug-likeness (QED) is 0.897. The number of aryl methyl sites for hydroxylation is 1. The van der Waals surface area contributed by atoms with E-state index in [-0.39, 0.29) is 11.7 Å². The van der Waals surface area contributed by atoms with Crippen LogP contribution in [0.2, 0.25) is 0 Å². The lowest BCUT2D eigenvalue weighted by atomic mass is 10.0. The van der Waals surface area contributed by atoms with E-state index in [4.69, 9.17) is 0 Å². The molecule has 0 aromatic carbocycles. The van der Waals surface area contributed by atoms with Crippen molar-refractivity contribution in [2.24, 2.45) is 0 Å². The summed E-state index contributed by atoms with van der Waals surface area (Å²) in [6, 6.07) is 2.98. The molecule has 7 heteroatoms. The summed E-state index contributed by atoms with van der Waals surface area (Å²) < 4.78 is 26.0. The first-order valence-corrected chi connectivity index (χ1v) is 9.28. The lowest BCUT2D eigenvalue weighted by molar-refractivity contribution is -0.120. The van der Waals surface area contributed by atoms with Crippen LogP contribution in [0.25, 0.3) is 0 Å². The van der Waals surface area contributed by atoms with E-state index in [2.05, 4.69) is 10.3 Å². The number of anilines is 1. The van der Waals surface area contributed by atoms with Crippen LogP contribution in [0.1, 0.15) is 38.2 Å². The van der Waals surface area contributed by atoms with Gasteiger partial charge in [-0.05, 0) is 43.9 Å². The summed E-state index contributed by atoms with van der Waals surface area (Å²) in [6.07, 6.45) is 4.39. The third-order valence-corrected chi connectivity index (χ3v) is 5.82. The van der Waals surface area contributed by atoms with Gasteiger partial charge in [0.05, 0.1) is 5.75 Å². The summed E-state index contributed by atoms with van der Waals surface area (Å²) in [5, 5.41) is 2.74. The number of nitrogens with one attached hydrogen (secondary N) is 1. The molecule has 6 nitrogen and oxygen atoms in total. The number of piperidine rings is 1. The van der Waals surface area contributed by atoms with Crippen LogP contribution in [0, 0.1) is 6.92 Å². The zero-order chi connectivity index (χ0) is 16.2. The molecule has 1 aromatic rings. The third-order valence-electron chi connectivity index (χ3n) is 3.74. The maximum Gasteiger partial charge on any atom is 0.243 e. The molecule has 0 radical (unpaired) electrons. The Hall–Kier alpha value is -1.47. The van der Waals surface area contributed by atoms with Gasteiger partial charge in [-0.3, -0.25) is 4.79 Å². The van der Waals surface area contributed by atoms with Crippen molar-refractivity contribution < 1.29 is 13.2 Å². The fourth-order valence-electron chi connectivity index (χ4n) is 2.69. The van der Waals surface area contributed by atoms with Gasteiger partial charge in [0.1, 0.15) is 11.9 Å². The minimum Gasteiger partial charge on any atom is -0.309 e. The molecule has 1 amide bonds. The number of hydrogen-bond donors (Lipinski definition) is 1. The first kappa shape index (κ1) is 16.9. The number of sulfonamides is 1. The third kappa shape index (κ3) is 4.04. The highest BCUT2D eigenvalue weighted by Gasteiger charge is 2.36. The van der Waals surface area contributed by atoms with Crippen LogP contribution in [0.4, 0.5) is 5.82 Å². The first-order chi connectivity index (χ1) is 10.4. The first-order valence-electron chi connectivity index (χ1n) is 7.67. The number of carbonyl (C=O) groups is 1. The van der Waals surface area contributed by atoms with Crippen LogP contribution in [-0.2, 0) is 14.8 Å². The van der Waals surface area contributed by atoms with Gasteiger partial charge in [-0.25, -0.2) is 13.4 Å². The molecule has 1 unspecified atom stereocenters. The Morgan fingerprint density at radius 2 is 2.23 bits per heavy atom. The van der Waals surface area contributed by atoms with Crippen LogP contribution in [0.5, 0.6) is 0 Å². The average Bonchev–Trinajstić information content (AvgIpc) is 2.47. The van der Waals surface area contributed by atoms with Crippen molar-refractivity contribution in [2.45, 2.75) is 45.6 Å². The Balaban J connectivity index is 2.15. The molecule has 0 bridgehead atoms. The predicted molar refractivity (Wildman–Crippen MR) is 86.0 cm³/mol. The molecule has 2 heterocycles. The SMILES string of the molecule is CCCS(=O)(=O)N1CCCCC1C(=O)Nc1cc(C)ccn1. The van der Waals surface area contributed by atoms with Gasteiger partial charge >= 0.3 is 0 Å². The molecule has 2 rings (SSSR count). The van der Waals surface area contributed by atoms with E-state index < -0.39 is 16.1 Å². The predicted octanol–water partition coefficient (Wildman–Crippen LogP) is 1.92. The molecular formula is C15H23N3O3S. The summed E-state index contributed by atoms with van der Waals surface area (Å²) in [5.41, 5.74) is 0.990. The molecule has 1 atom stereocenters. The molecule has 0 aliphatic carbocycles. The standard InChI is InChI=1S/C15H23N3O3S/c1-3-10-22(20,21)18-9-5-4-6-13(18)15(19)17-14-11-12(2)7-8-16-14/h7-8,11,13H,3-6,9-10H2,1-2H3,(H,16,17,19). The molecule has 22 heavy (non-hydrogen) atoms. The zero-order valence-electron chi connectivity index (χ0n) is 13.1. The molecule has 1 N–H and O–H groups in total. The van der Waals surface area contributed by atoms with Gasteiger partial charge in [0, 0.05) is 12.7 Å². The normalized spacial score (nSPS) is 19.8. The highest BCUT2D eigenvalue weighted by molar-refractivity contribution is 7.89. The van der Waals surface area contributed by atoms with E-state index in [9.17, 15) is 13.2 Å². The summed E-state index contributed by atoms with van der Waals surface area (Å²) >= 11 is 0. The number of carbonyl (C=O) groups excluding carboxylic acids is 1. The molecular weight excluding hydrogens is 302 g/mol. The Bertz CT molecular complexity index is 631. The molecule has 1 aliphatic heterocycles. The van der Waals surface area contributed by atoms with Crippen molar-refractivity contribution in [1.82, 2.24) is 9.29 Å². The van der Waals surface area contributed by atoms with Crippen molar-refractivity contribution in [1.29, 1.82) is 0 Å². The van der Waals surface area contributed by atoms with E-state index >= 15 is 0 Å². The molecule has 1 aliphatic rings. The molecule has 1 fully saturated rings. The monoisotopic (exact) mass is 325 g/mol. The van der Waals surface area contributed by atoms with Gasteiger partial charge in [-0.2, -0.15) is 4.31 Å². The summed E-state index contributed by atoms with van der Waals surface area (Å²) in [6.45, 7) is 4.16. The maximum atomic E-state index is 12.5. The molecule has 1 saturated heterocycles. The summed E-state index contributed by atoms with van der Waals surface area (Å²) in [7, 11) is -3.38. The number of rotatable bonds is 5. The fraction of sp³-hybridized carbons (Fsp3) is 0.600. The lowest BCUT2D eigenvalue weighted by Crippen LogP contribution is -2.50. The highest BCUT2D eigenvalue weighted by Crippen LogP contribution is 2.22. The topological polar surface area (TPSA) is 79.4 Å². The Labute approximate surface area is 132 Å². The van der Waals surface area contributed by atoms with Gasteiger partial charge in [0.15, 0.2) is 0 Å². The van der Waals surface area contributed by atoms with Gasteiger partial charge in [0.25, 0.3) is 0 Å². The van der Waals surface area contributed by atoms with Crippen LogP contribution >= 0.6 is 0 Å². The largest absolute Gasteiger partial charge is 0.309 e. The van der Waals surface area contributed by atoms with Crippen molar-refractivity contribution in [3.8, 4) is 0 Å². The van der Waals surface area contributed by atoms with Crippen molar-refractivity contribution >= 4 is 21.7 Å².